The summed E-state index contributed by atoms with van der Waals surface area (Å²) in [5.41, 5.74) is 0.798. The van der Waals surface area contributed by atoms with E-state index in [4.69, 9.17) is 0 Å². The zero-order valence-corrected chi connectivity index (χ0v) is 11.3. The summed E-state index contributed by atoms with van der Waals surface area (Å²) in [5.74, 6) is -1.82. The third-order valence-electron chi connectivity index (χ3n) is 2.67. The zero-order chi connectivity index (χ0) is 14.0. The number of benzene rings is 2. The Balaban J connectivity index is 2.22. The van der Waals surface area contributed by atoms with Gasteiger partial charge in [-0.1, -0.05) is 22.0 Å². The molecule has 0 aliphatic carbocycles. The van der Waals surface area contributed by atoms with Crippen molar-refractivity contribution in [3.05, 3.63) is 69.4 Å². The molecule has 0 amide bonds. The normalized spacial score (nSPS) is 12.5. The molecule has 0 saturated carbocycles. The van der Waals surface area contributed by atoms with Gasteiger partial charge in [0.25, 0.3) is 0 Å². The van der Waals surface area contributed by atoms with Gasteiger partial charge in [-0.15, -0.1) is 0 Å². The third kappa shape index (κ3) is 3.58. The molecule has 19 heavy (non-hydrogen) atoms. The first kappa shape index (κ1) is 14.1. The lowest BCUT2D eigenvalue weighted by atomic mass is 10.0. The van der Waals surface area contributed by atoms with Crippen LogP contribution in [0.3, 0.4) is 0 Å². The van der Waals surface area contributed by atoms with Crippen LogP contribution >= 0.6 is 15.9 Å². The number of hydrogen-bond acceptors (Lipinski definition) is 1. The molecule has 1 atom stereocenters. The van der Waals surface area contributed by atoms with Gasteiger partial charge < -0.3 is 5.11 Å². The van der Waals surface area contributed by atoms with Gasteiger partial charge in [-0.3, -0.25) is 0 Å². The van der Waals surface area contributed by atoms with Gasteiger partial charge in [-0.2, -0.15) is 0 Å². The van der Waals surface area contributed by atoms with E-state index in [2.05, 4.69) is 15.9 Å². The summed E-state index contributed by atoms with van der Waals surface area (Å²) < 4.78 is 39.4. The zero-order valence-electron chi connectivity index (χ0n) is 9.71. The van der Waals surface area contributed by atoms with Crippen LogP contribution in [0.25, 0.3) is 0 Å². The van der Waals surface area contributed by atoms with Crippen LogP contribution in [0.1, 0.15) is 17.2 Å². The Labute approximate surface area is 116 Å². The minimum Gasteiger partial charge on any atom is -0.388 e. The Morgan fingerprint density at radius 1 is 0.947 bits per heavy atom. The monoisotopic (exact) mass is 330 g/mol. The first-order valence-corrected chi connectivity index (χ1v) is 6.33. The van der Waals surface area contributed by atoms with Gasteiger partial charge in [0, 0.05) is 17.0 Å². The number of aliphatic hydroxyl groups is 1. The second-order valence-electron chi connectivity index (χ2n) is 4.16. The van der Waals surface area contributed by atoms with Crippen LogP contribution in [0, 0.1) is 17.5 Å². The molecule has 0 aromatic heterocycles. The molecule has 0 aliphatic rings. The molecule has 2 aromatic carbocycles. The van der Waals surface area contributed by atoms with Crippen LogP contribution in [-0.4, -0.2) is 5.11 Å². The average Bonchev–Trinajstić information content (AvgIpc) is 2.26. The highest BCUT2D eigenvalue weighted by Gasteiger charge is 2.13. The smallest absolute Gasteiger partial charge is 0.126 e. The van der Waals surface area contributed by atoms with Gasteiger partial charge in [0.15, 0.2) is 0 Å². The van der Waals surface area contributed by atoms with E-state index in [1.165, 1.54) is 18.2 Å². The summed E-state index contributed by atoms with van der Waals surface area (Å²) in [6, 6.07) is 6.96. The van der Waals surface area contributed by atoms with Crippen molar-refractivity contribution >= 4 is 15.9 Å². The molecule has 0 fully saturated rings. The summed E-state index contributed by atoms with van der Waals surface area (Å²) in [7, 11) is 0. The van der Waals surface area contributed by atoms with Crippen molar-refractivity contribution in [2.24, 2.45) is 0 Å². The van der Waals surface area contributed by atoms with E-state index in [0.717, 1.165) is 18.2 Å². The lowest BCUT2D eigenvalue weighted by Gasteiger charge is -2.13. The average molecular weight is 331 g/mol. The molecule has 0 aliphatic heterocycles. The molecule has 0 saturated heterocycles. The van der Waals surface area contributed by atoms with Crippen LogP contribution in [-0.2, 0) is 6.42 Å². The molecule has 5 heteroatoms. The molecule has 1 N–H and O–H groups in total. The van der Waals surface area contributed by atoms with E-state index in [-0.39, 0.29) is 6.42 Å². The summed E-state index contributed by atoms with van der Waals surface area (Å²) in [6.07, 6.45) is -0.935. The lowest BCUT2D eigenvalue weighted by Crippen LogP contribution is -2.04. The van der Waals surface area contributed by atoms with Gasteiger partial charge >= 0.3 is 0 Å². The molecule has 1 unspecified atom stereocenters. The van der Waals surface area contributed by atoms with Crippen LogP contribution in [0.4, 0.5) is 13.2 Å². The second-order valence-corrected chi connectivity index (χ2v) is 5.02. The van der Waals surface area contributed by atoms with E-state index in [0.29, 0.717) is 15.6 Å². The van der Waals surface area contributed by atoms with Crippen molar-refractivity contribution < 1.29 is 18.3 Å². The second kappa shape index (κ2) is 5.75. The van der Waals surface area contributed by atoms with Gasteiger partial charge in [0.2, 0.25) is 0 Å². The van der Waals surface area contributed by atoms with E-state index < -0.39 is 23.6 Å². The van der Waals surface area contributed by atoms with Crippen LogP contribution < -0.4 is 0 Å². The third-order valence-corrected chi connectivity index (χ3v) is 3.36. The first-order chi connectivity index (χ1) is 8.95. The summed E-state index contributed by atoms with van der Waals surface area (Å²) in [6.45, 7) is 0. The molecule has 0 bridgehead atoms. The lowest BCUT2D eigenvalue weighted by molar-refractivity contribution is 0.177. The molecule has 0 spiro atoms. The maximum atomic E-state index is 13.0. The maximum absolute atomic E-state index is 13.0. The van der Waals surface area contributed by atoms with E-state index >= 15 is 0 Å². The highest BCUT2D eigenvalue weighted by molar-refractivity contribution is 9.10. The van der Waals surface area contributed by atoms with Crippen LogP contribution in [0.2, 0.25) is 0 Å². The highest BCUT2D eigenvalue weighted by atomic mass is 79.9. The van der Waals surface area contributed by atoms with E-state index in [1.54, 1.807) is 0 Å². The molecular weight excluding hydrogens is 321 g/mol. The van der Waals surface area contributed by atoms with E-state index in [1.807, 2.05) is 0 Å². The predicted molar refractivity (Wildman–Crippen MR) is 69.1 cm³/mol. The van der Waals surface area contributed by atoms with Crippen LogP contribution in [0.5, 0.6) is 0 Å². The largest absolute Gasteiger partial charge is 0.388 e. The molecule has 0 radical (unpaired) electrons. The van der Waals surface area contributed by atoms with Gasteiger partial charge in [0.05, 0.1) is 6.10 Å². The van der Waals surface area contributed by atoms with Gasteiger partial charge in [0.1, 0.15) is 17.5 Å². The number of aliphatic hydroxyl groups excluding tert-OH is 1. The standard InChI is InChI=1S/C14H10BrF3O/c15-13-7-9(16)1-2-12(13)14(19)5-8-3-10(17)6-11(18)4-8/h1-4,6-7,14,19H,5H2. The molecule has 1 nitrogen and oxygen atoms in total. The molecular formula is C14H10BrF3O. The van der Waals surface area contributed by atoms with Gasteiger partial charge in [-0.05, 0) is 35.4 Å². The fourth-order valence-electron chi connectivity index (χ4n) is 1.83. The van der Waals surface area contributed by atoms with Crippen molar-refractivity contribution in [2.45, 2.75) is 12.5 Å². The predicted octanol–water partition coefficient (Wildman–Crippen LogP) is 4.14. The van der Waals surface area contributed by atoms with Crippen molar-refractivity contribution in [2.75, 3.05) is 0 Å². The molecule has 100 valence electrons. The molecule has 0 heterocycles. The maximum Gasteiger partial charge on any atom is 0.126 e. The van der Waals surface area contributed by atoms with Crippen molar-refractivity contribution in [3.8, 4) is 0 Å². The first-order valence-electron chi connectivity index (χ1n) is 5.53. The molecule has 2 aromatic rings. The summed E-state index contributed by atoms with van der Waals surface area (Å²) in [5, 5.41) is 10.0. The van der Waals surface area contributed by atoms with Crippen LogP contribution in [0.15, 0.2) is 40.9 Å². The fraction of sp³-hybridized carbons (Fsp3) is 0.143. The Morgan fingerprint density at radius 2 is 1.58 bits per heavy atom. The Morgan fingerprint density at radius 3 is 2.16 bits per heavy atom. The topological polar surface area (TPSA) is 20.2 Å². The minimum atomic E-state index is -0.976. The SMILES string of the molecule is OC(Cc1cc(F)cc(F)c1)c1ccc(F)cc1Br. The highest BCUT2D eigenvalue weighted by Crippen LogP contribution is 2.27. The Kier molecular flexibility index (Phi) is 4.27. The minimum absolute atomic E-state index is 0.0406. The number of hydrogen-bond donors (Lipinski definition) is 1. The summed E-state index contributed by atoms with van der Waals surface area (Å²) in [4.78, 5) is 0. The quantitative estimate of drug-likeness (QED) is 0.896. The Bertz CT molecular complexity index is 581. The van der Waals surface area contributed by atoms with Gasteiger partial charge in [-0.25, -0.2) is 13.2 Å². The number of halogens is 4. The van der Waals surface area contributed by atoms with Crippen molar-refractivity contribution in [3.63, 3.8) is 0 Å². The fourth-order valence-corrected chi connectivity index (χ4v) is 2.45. The van der Waals surface area contributed by atoms with Crippen molar-refractivity contribution in [1.82, 2.24) is 0 Å². The van der Waals surface area contributed by atoms with Crippen molar-refractivity contribution in [1.29, 1.82) is 0 Å². The summed E-state index contributed by atoms with van der Waals surface area (Å²) >= 11 is 3.14. The van der Waals surface area contributed by atoms with E-state index in [9.17, 15) is 18.3 Å². The number of rotatable bonds is 3. The molecule has 2 rings (SSSR count). The Hall–Kier alpha value is -1.33.